The van der Waals surface area contributed by atoms with E-state index in [0.29, 0.717) is 5.75 Å². The summed E-state index contributed by atoms with van der Waals surface area (Å²) in [5, 5.41) is 21.4. The van der Waals surface area contributed by atoms with Gasteiger partial charge in [-0.1, -0.05) is 0 Å². The lowest BCUT2D eigenvalue weighted by atomic mass is 10.1. The number of aliphatic hydroxyl groups is 2. The van der Waals surface area contributed by atoms with Gasteiger partial charge >= 0.3 is 0 Å². The highest BCUT2D eigenvalue weighted by atomic mass is 19.1. The Kier molecular flexibility index (Phi) is 1.90. The summed E-state index contributed by atoms with van der Waals surface area (Å²) in [6.45, 7) is -0.373. The number of halogens is 1. The highest BCUT2D eigenvalue weighted by Crippen LogP contribution is 2.49. The van der Waals surface area contributed by atoms with Gasteiger partial charge in [0.25, 0.3) is 0 Å². The Labute approximate surface area is 91.7 Å². The van der Waals surface area contributed by atoms with Crippen LogP contribution < -0.4 is 10.1 Å². The first kappa shape index (κ1) is 9.86. The van der Waals surface area contributed by atoms with Crippen LogP contribution in [0.2, 0.25) is 0 Å². The average molecular weight is 225 g/mol. The Morgan fingerprint density at radius 2 is 2.25 bits per heavy atom. The quantitative estimate of drug-likeness (QED) is 0.666. The number of ether oxygens (including phenoxy) is 1. The van der Waals surface area contributed by atoms with Crippen molar-refractivity contribution < 1.29 is 19.3 Å². The van der Waals surface area contributed by atoms with E-state index in [0.717, 1.165) is 12.8 Å². The molecule has 1 spiro atoms. The van der Waals surface area contributed by atoms with Gasteiger partial charge in [-0.15, -0.1) is 0 Å². The number of hydrogen-bond acceptors (Lipinski definition) is 4. The third kappa shape index (κ3) is 1.22. The molecule has 1 unspecified atom stereocenters. The Hall–Kier alpha value is -1.33. The van der Waals surface area contributed by atoms with Gasteiger partial charge in [-0.25, -0.2) is 4.39 Å². The molecular weight excluding hydrogens is 213 g/mol. The molecule has 16 heavy (non-hydrogen) atoms. The van der Waals surface area contributed by atoms with Gasteiger partial charge in [0.2, 0.25) is 0 Å². The van der Waals surface area contributed by atoms with Crippen molar-refractivity contribution in [3.63, 3.8) is 0 Å². The Balaban J connectivity index is 2.05. The summed E-state index contributed by atoms with van der Waals surface area (Å²) in [6, 6.07) is 3.10. The summed E-state index contributed by atoms with van der Waals surface area (Å²) in [5.74, 6) is -0.160. The normalized spacial score (nSPS) is 24.6. The zero-order chi connectivity index (χ0) is 11.3. The molecule has 0 bridgehead atoms. The fraction of sp³-hybridized carbons (Fsp3) is 0.455. The van der Waals surface area contributed by atoms with Gasteiger partial charge in [-0.05, 0) is 25.0 Å². The molecule has 1 heterocycles. The number of hydrogen-bond donors (Lipinski definition) is 3. The summed E-state index contributed by atoms with van der Waals surface area (Å²) in [4.78, 5) is 0. The Morgan fingerprint density at radius 1 is 1.50 bits per heavy atom. The minimum absolute atomic E-state index is 0.136. The molecule has 4 nitrogen and oxygen atoms in total. The lowest BCUT2D eigenvalue weighted by Crippen LogP contribution is -2.43. The third-order valence-corrected chi connectivity index (χ3v) is 3.19. The Morgan fingerprint density at radius 3 is 2.88 bits per heavy atom. The number of aliphatic hydroxyl groups excluding tert-OH is 2. The van der Waals surface area contributed by atoms with Crippen LogP contribution in [0, 0.1) is 5.82 Å². The molecule has 0 saturated heterocycles. The van der Waals surface area contributed by atoms with Crippen molar-refractivity contribution in [3.05, 3.63) is 23.5 Å². The molecular formula is C11H12FNO3. The van der Waals surface area contributed by atoms with Gasteiger partial charge in [0.15, 0.2) is 17.6 Å². The van der Waals surface area contributed by atoms with Crippen LogP contribution in [0.5, 0.6) is 5.75 Å². The van der Waals surface area contributed by atoms with Gasteiger partial charge < -0.3 is 20.3 Å². The van der Waals surface area contributed by atoms with Crippen LogP contribution in [0.15, 0.2) is 12.1 Å². The molecule has 1 aliphatic carbocycles. The van der Waals surface area contributed by atoms with E-state index in [1.165, 1.54) is 6.07 Å². The number of fused-ring (bicyclic) bond motifs is 1. The summed E-state index contributed by atoms with van der Waals surface area (Å²) in [7, 11) is 0. The summed E-state index contributed by atoms with van der Waals surface area (Å²) < 4.78 is 19.4. The molecule has 2 aliphatic rings. The standard InChI is InChI=1S/C11H12FNO3/c12-8-6(5-14)1-2-7-9(8)13-10(15)11(16-7)3-4-11/h1-2,10,13-15H,3-5H2. The lowest BCUT2D eigenvalue weighted by molar-refractivity contribution is 0.0253. The molecule has 1 saturated carbocycles. The largest absolute Gasteiger partial charge is 0.480 e. The number of benzene rings is 1. The molecule has 3 rings (SSSR count). The van der Waals surface area contributed by atoms with Gasteiger partial charge in [0.1, 0.15) is 11.4 Å². The monoisotopic (exact) mass is 225 g/mol. The average Bonchev–Trinajstić information content (AvgIpc) is 3.03. The van der Waals surface area contributed by atoms with E-state index in [-0.39, 0.29) is 17.9 Å². The third-order valence-electron chi connectivity index (χ3n) is 3.19. The minimum atomic E-state index is -0.886. The fourth-order valence-electron chi connectivity index (χ4n) is 1.98. The second kappa shape index (κ2) is 3.09. The molecule has 5 heteroatoms. The zero-order valence-corrected chi connectivity index (χ0v) is 8.53. The summed E-state index contributed by atoms with van der Waals surface area (Å²) in [6.07, 6.45) is 0.650. The fourth-order valence-corrected chi connectivity index (χ4v) is 1.98. The summed E-state index contributed by atoms with van der Waals surface area (Å²) in [5.41, 5.74) is -0.245. The first-order chi connectivity index (χ1) is 7.66. The maximum absolute atomic E-state index is 13.8. The number of nitrogens with one attached hydrogen (secondary N) is 1. The molecule has 0 radical (unpaired) electrons. The first-order valence-corrected chi connectivity index (χ1v) is 5.22. The number of rotatable bonds is 1. The van der Waals surface area contributed by atoms with Gasteiger partial charge in [-0.3, -0.25) is 0 Å². The summed E-state index contributed by atoms with van der Waals surface area (Å²) >= 11 is 0. The highest BCUT2D eigenvalue weighted by Gasteiger charge is 2.55. The second-order valence-corrected chi connectivity index (χ2v) is 4.28. The molecule has 1 aromatic rings. The predicted octanol–water partition coefficient (Wildman–Crippen LogP) is 0.973. The predicted molar refractivity (Wildman–Crippen MR) is 54.5 cm³/mol. The van der Waals surface area contributed by atoms with Crippen LogP contribution in [-0.2, 0) is 6.61 Å². The first-order valence-electron chi connectivity index (χ1n) is 5.22. The molecule has 3 N–H and O–H groups in total. The lowest BCUT2D eigenvalue weighted by Gasteiger charge is -2.32. The zero-order valence-electron chi connectivity index (χ0n) is 8.53. The molecule has 1 atom stereocenters. The van der Waals surface area contributed by atoms with Gasteiger partial charge in [-0.2, -0.15) is 0 Å². The number of anilines is 1. The van der Waals surface area contributed by atoms with E-state index in [4.69, 9.17) is 9.84 Å². The molecule has 0 amide bonds. The molecule has 1 fully saturated rings. The van der Waals surface area contributed by atoms with E-state index >= 15 is 0 Å². The van der Waals surface area contributed by atoms with Crippen LogP contribution in [0.3, 0.4) is 0 Å². The van der Waals surface area contributed by atoms with Crippen LogP contribution in [0.25, 0.3) is 0 Å². The highest BCUT2D eigenvalue weighted by molar-refractivity contribution is 5.62. The van der Waals surface area contributed by atoms with Gasteiger partial charge in [0, 0.05) is 5.56 Å². The van der Waals surface area contributed by atoms with E-state index in [2.05, 4.69) is 5.32 Å². The topological polar surface area (TPSA) is 61.7 Å². The van der Waals surface area contributed by atoms with E-state index in [9.17, 15) is 9.50 Å². The SMILES string of the molecule is OCc1ccc2c(c1F)NC(O)C1(CC1)O2. The second-order valence-electron chi connectivity index (χ2n) is 4.28. The van der Waals surface area contributed by atoms with E-state index in [1.54, 1.807) is 6.07 Å². The van der Waals surface area contributed by atoms with Crippen molar-refractivity contribution >= 4 is 5.69 Å². The van der Waals surface area contributed by atoms with E-state index < -0.39 is 17.6 Å². The van der Waals surface area contributed by atoms with Gasteiger partial charge in [0.05, 0.1) is 6.61 Å². The van der Waals surface area contributed by atoms with Crippen molar-refractivity contribution in [2.45, 2.75) is 31.3 Å². The van der Waals surface area contributed by atoms with Crippen molar-refractivity contribution in [1.29, 1.82) is 0 Å². The van der Waals surface area contributed by atoms with Crippen molar-refractivity contribution in [2.24, 2.45) is 0 Å². The van der Waals surface area contributed by atoms with Crippen LogP contribution in [-0.4, -0.2) is 22.0 Å². The van der Waals surface area contributed by atoms with Crippen molar-refractivity contribution in [1.82, 2.24) is 0 Å². The Bertz CT molecular complexity index is 445. The maximum atomic E-state index is 13.8. The molecule has 1 aromatic carbocycles. The van der Waals surface area contributed by atoms with Crippen LogP contribution in [0.1, 0.15) is 18.4 Å². The molecule has 86 valence electrons. The minimum Gasteiger partial charge on any atom is -0.480 e. The maximum Gasteiger partial charge on any atom is 0.165 e. The van der Waals surface area contributed by atoms with Crippen LogP contribution >= 0.6 is 0 Å². The van der Waals surface area contributed by atoms with Crippen molar-refractivity contribution in [2.75, 3.05) is 5.32 Å². The van der Waals surface area contributed by atoms with E-state index in [1.807, 2.05) is 0 Å². The molecule has 1 aliphatic heterocycles. The van der Waals surface area contributed by atoms with Crippen molar-refractivity contribution in [3.8, 4) is 5.75 Å². The smallest absolute Gasteiger partial charge is 0.165 e. The molecule has 0 aromatic heterocycles. The van der Waals surface area contributed by atoms with Crippen LogP contribution in [0.4, 0.5) is 10.1 Å².